The van der Waals surface area contributed by atoms with E-state index >= 15 is 0 Å². The minimum atomic E-state index is -0.379. The van der Waals surface area contributed by atoms with Gasteiger partial charge in [-0.25, -0.2) is 10.0 Å². The van der Waals surface area contributed by atoms with E-state index in [0.717, 1.165) is 61.6 Å². The third-order valence-electron chi connectivity index (χ3n) is 8.93. The van der Waals surface area contributed by atoms with Gasteiger partial charge in [0, 0.05) is 51.6 Å². The smallest absolute Gasteiger partial charge is 0.310 e. The van der Waals surface area contributed by atoms with E-state index in [0.29, 0.717) is 23.9 Å². The molecule has 0 unspecified atom stereocenters. The van der Waals surface area contributed by atoms with E-state index in [-0.39, 0.29) is 42.2 Å². The summed E-state index contributed by atoms with van der Waals surface area (Å²) >= 11 is 0. The molecule has 0 radical (unpaired) electrons. The van der Waals surface area contributed by atoms with Gasteiger partial charge in [0.1, 0.15) is 0 Å². The number of phenolic OH excluding ortho intramolecular Hbond substituents is 1. The van der Waals surface area contributed by atoms with Crippen molar-refractivity contribution in [2.45, 2.75) is 18.3 Å². The van der Waals surface area contributed by atoms with Crippen molar-refractivity contribution >= 4 is 5.97 Å². The number of ether oxygens (including phenoxy) is 5. The molecular weight excluding hydrogens is 502 g/mol. The van der Waals surface area contributed by atoms with E-state index < -0.39 is 0 Å². The molecule has 1 N–H and O–H groups in total. The van der Waals surface area contributed by atoms with Crippen LogP contribution in [0.3, 0.4) is 0 Å². The second-order valence-electron chi connectivity index (χ2n) is 10.9. The van der Waals surface area contributed by atoms with Crippen LogP contribution in [0.15, 0.2) is 24.3 Å². The lowest BCUT2D eigenvalue weighted by Crippen LogP contribution is -2.51. The molecule has 4 atom stereocenters. The number of rotatable bonds is 7. The summed E-state index contributed by atoms with van der Waals surface area (Å²) < 4.78 is 28.2. The number of hydrogen-bond donors (Lipinski definition) is 1. The van der Waals surface area contributed by atoms with Gasteiger partial charge in [-0.05, 0) is 60.3 Å². The largest absolute Gasteiger partial charge is 0.502 e. The Kier molecular flexibility index (Phi) is 6.95. The van der Waals surface area contributed by atoms with Crippen LogP contribution < -0.4 is 18.9 Å². The number of piperazine rings is 1. The van der Waals surface area contributed by atoms with Gasteiger partial charge in [-0.2, -0.15) is 0 Å². The zero-order chi connectivity index (χ0) is 27.3. The van der Waals surface area contributed by atoms with Crippen LogP contribution in [0.1, 0.15) is 34.9 Å². The van der Waals surface area contributed by atoms with Crippen LogP contribution in [-0.2, 0) is 9.53 Å². The van der Waals surface area contributed by atoms with Gasteiger partial charge in [-0.3, -0.25) is 4.79 Å². The molecule has 0 bridgehead atoms. The summed E-state index contributed by atoms with van der Waals surface area (Å²) in [4.78, 5) is 15.7. The number of nitrogens with zero attached hydrogens (tertiary/aromatic N) is 3. The Morgan fingerprint density at radius 2 is 1.62 bits per heavy atom. The Balaban J connectivity index is 1.40. The van der Waals surface area contributed by atoms with Crippen molar-refractivity contribution in [1.29, 1.82) is 0 Å². The number of aromatic hydroxyl groups is 1. The number of cyclic esters (lactones) is 1. The molecule has 1 aliphatic carbocycles. The van der Waals surface area contributed by atoms with Crippen molar-refractivity contribution in [2.75, 3.05) is 74.4 Å². The molecule has 2 aromatic carbocycles. The molecule has 0 spiro atoms. The summed E-state index contributed by atoms with van der Waals surface area (Å²) in [5.41, 5.74) is 2.99. The maximum Gasteiger partial charge on any atom is 0.310 e. The third-order valence-corrected chi connectivity index (χ3v) is 8.93. The molecule has 3 heterocycles. The first-order valence-corrected chi connectivity index (χ1v) is 13.6. The van der Waals surface area contributed by atoms with Crippen LogP contribution in [0.4, 0.5) is 0 Å². The average Bonchev–Trinajstić information content (AvgIpc) is 3.56. The topological polar surface area (TPSA) is 93.2 Å². The number of carbonyl (C=O) groups excluding carboxylic acids is 1. The first-order valence-electron chi connectivity index (χ1n) is 13.6. The van der Waals surface area contributed by atoms with Gasteiger partial charge in [0.05, 0.1) is 26.7 Å². The molecule has 2 fully saturated rings. The summed E-state index contributed by atoms with van der Waals surface area (Å²) in [5, 5.41) is 15.3. The van der Waals surface area contributed by atoms with Crippen LogP contribution in [-0.4, -0.2) is 100 Å². The van der Waals surface area contributed by atoms with E-state index in [2.05, 4.69) is 35.1 Å². The van der Waals surface area contributed by atoms with Crippen molar-refractivity contribution < 1.29 is 33.6 Å². The third kappa shape index (κ3) is 4.54. The molecule has 0 amide bonds. The molecule has 0 saturated carbocycles. The van der Waals surface area contributed by atoms with Gasteiger partial charge in [-0.15, -0.1) is 0 Å². The monoisotopic (exact) mass is 539 g/mol. The maximum absolute atomic E-state index is 13.4. The number of esters is 1. The zero-order valence-corrected chi connectivity index (χ0v) is 23.0. The van der Waals surface area contributed by atoms with E-state index in [1.807, 2.05) is 6.07 Å². The Bertz CT molecular complexity index is 1220. The highest BCUT2D eigenvalue weighted by atomic mass is 16.7. The number of carbonyl (C=O) groups is 1. The minimum absolute atomic E-state index is 0.00190. The quantitative estimate of drug-likeness (QED) is 0.530. The SMILES string of the molecule is COc1cc([C@@H]2c3cc4c(cc3[C@@H](CCN(C)N3CCN(C)CC3)[C@H]3COC(=O)[C@H]23)OCO4)cc(OC)c1O. The Hall–Kier alpha value is -3.21. The van der Waals surface area contributed by atoms with E-state index in [1.54, 1.807) is 12.1 Å². The van der Waals surface area contributed by atoms with Gasteiger partial charge >= 0.3 is 5.97 Å². The molecule has 10 heteroatoms. The van der Waals surface area contributed by atoms with E-state index in [9.17, 15) is 9.90 Å². The fraction of sp³-hybridized carbons (Fsp3) is 0.552. The number of methoxy groups -OCH3 is 2. The van der Waals surface area contributed by atoms with Crippen LogP contribution >= 0.6 is 0 Å². The molecule has 39 heavy (non-hydrogen) atoms. The molecule has 210 valence electrons. The van der Waals surface area contributed by atoms with Crippen molar-refractivity contribution in [3.05, 3.63) is 41.0 Å². The van der Waals surface area contributed by atoms with Crippen LogP contribution in [0, 0.1) is 11.8 Å². The Morgan fingerprint density at radius 1 is 0.974 bits per heavy atom. The van der Waals surface area contributed by atoms with Gasteiger partial charge in [0.2, 0.25) is 12.5 Å². The average molecular weight is 540 g/mol. The summed E-state index contributed by atoms with van der Waals surface area (Å²) in [6.45, 7) is 5.53. The Labute approximate surface area is 228 Å². The second-order valence-corrected chi connectivity index (χ2v) is 10.9. The summed E-state index contributed by atoms with van der Waals surface area (Å²) in [7, 11) is 7.32. The molecule has 4 aliphatic rings. The molecular formula is C29H37N3O7. The van der Waals surface area contributed by atoms with E-state index in [1.165, 1.54) is 14.2 Å². The maximum atomic E-state index is 13.4. The molecule has 0 aromatic heterocycles. The van der Waals surface area contributed by atoms with Gasteiger partial charge < -0.3 is 33.7 Å². The fourth-order valence-corrected chi connectivity index (χ4v) is 6.75. The van der Waals surface area contributed by atoms with Crippen molar-refractivity contribution in [1.82, 2.24) is 14.9 Å². The number of likely N-dealkylation sites (N-methyl/N-ethyl adjacent to an activating group) is 1. The van der Waals surface area contributed by atoms with E-state index in [4.69, 9.17) is 23.7 Å². The van der Waals surface area contributed by atoms with Crippen LogP contribution in [0.25, 0.3) is 0 Å². The molecule has 2 saturated heterocycles. The number of hydrogen-bond acceptors (Lipinski definition) is 10. The van der Waals surface area contributed by atoms with Crippen molar-refractivity contribution in [3.63, 3.8) is 0 Å². The van der Waals surface area contributed by atoms with Gasteiger partial charge in [0.25, 0.3) is 0 Å². The zero-order valence-electron chi connectivity index (χ0n) is 23.0. The molecule has 6 rings (SSSR count). The van der Waals surface area contributed by atoms with Gasteiger partial charge in [0.15, 0.2) is 23.0 Å². The molecule has 3 aliphatic heterocycles. The van der Waals surface area contributed by atoms with Crippen molar-refractivity contribution in [2.24, 2.45) is 11.8 Å². The standard InChI is InChI=1S/C29H37N3O7/c1-30-7-9-32(10-8-30)31(2)6-5-18-19-13-22-23(39-16-38-22)14-20(19)26(27-21(18)15-37-29(27)34)17-11-24(35-3)28(33)25(12-17)36-4/h11-14,18,21,26-27,33H,5-10,15-16H2,1-4H3/t18-,21-,26-,27+/m1/s1. The normalized spacial score (nSPS) is 26.3. The molecule has 10 nitrogen and oxygen atoms in total. The summed E-state index contributed by atoms with van der Waals surface area (Å²) in [5.74, 6) is 1.15. The summed E-state index contributed by atoms with van der Waals surface area (Å²) in [6.07, 6.45) is 0.877. The van der Waals surface area contributed by atoms with Crippen LogP contribution in [0.2, 0.25) is 0 Å². The first-order chi connectivity index (χ1) is 18.9. The highest BCUT2D eigenvalue weighted by molar-refractivity contribution is 5.79. The summed E-state index contributed by atoms with van der Waals surface area (Å²) in [6, 6.07) is 7.70. The number of benzene rings is 2. The van der Waals surface area contributed by atoms with Crippen molar-refractivity contribution in [3.8, 4) is 28.7 Å². The van der Waals surface area contributed by atoms with Crippen LogP contribution in [0.5, 0.6) is 28.7 Å². The minimum Gasteiger partial charge on any atom is -0.502 e. The number of phenols is 1. The Morgan fingerprint density at radius 3 is 2.26 bits per heavy atom. The lowest BCUT2D eigenvalue weighted by molar-refractivity contribution is -0.141. The number of fused-ring (bicyclic) bond motifs is 3. The predicted molar refractivity (Wildman–Crippen MR) is 143 cm³/mol. The highest BCUT2D eigenvalue weighted by Gasteiger charge is 2.52. The fourth-order valence-electron chi connectivity index (χ4n) is 6.75. The number of hydrazine groups is 1. The van der Waals surface area contributed by atoms with Gasteiger partial charge in [-0.1, -0.05) is 0 Å². The second kappa shape index (κ2) is 10.4. The highest BCUT2D eigenvalue weighted by Crippen LogP contribution is 2.57. The first kappa shape index (κ1) is 26.0. The lowest BCUT2D eigenvalue weighted by Gasteiger charge is -2.42. The predicted octanol–water partition coefficient (Wildman–Crippen LogP) is 2.64. The molecule has 2 aromatic rings. The lowest BCUT2D eigenvalue weighted by atomic mass is 9.62.